The van der Waals surface area contributed by atoms with Crippen molar-refractivity contribution >= 4 is 28.5 Å². The van der Waals surface area contributed by atoms with Gasteiger partial charge in [0.2, 0.25) is 0 Å². The molecule has 1 aliphatic carbocycles. The number of benzene rings is 2. The highest BCUT2D eigenvalue weighted by atomic mass is 19.4. The van der Waals surface area contributed by atoms with Crippen molar-refractivity contribution in [2.24, 2.45) is 11.8 Å². The van der Waals surface area contributed by atoms with E-state index in [1.165, 1.54) is 37.8 Å². The van der Waals surface area contributed by atoms with E-state index in [-0.39, 0.29) is 17.9 Å². The fourth-order valence-electron chi connectivity index (χ4n) is 4.56. The molecule has 8 nitrogen and oxygen atoms in total. The van der Waals surface area contributed by atoms with Gasteiger partial charge in [0.05, 0.1) is 27.9 Å². The number of carbonyl (C=O) groups is 2. The van der Waals surface area contributed by atoms with Crippen molar-refractivity contribution in [2.45, 2.75) is 44.9 Å². The number of hydrogen-bond acceptors (Lipinski definition) is 5. The lowest BCUT2D eigenvalue weighted by Crippen LogP contribution is -2.39. The maximum atomic E-state index is 13.5. The number of hydrazine groups is 1. The molecule has 0 saturated heterocycles. The Balaban J connectivity index is 1.68. The van der Waals surface area contributed by atoms with Gasteiger partial charge in [0.1, 0.15) is 17.9 Å². The number of aromatic amines is 1. The molecule has 0 bridgehead atoms. The molecule has 0 aliphatic heterocycles. The summed E-state index contributed by atoms with van der Waals surface area (Å²) in [6, 6.07) is 7.24. The SMILES string of the molecule is COCc1nc2c(C(=O)NCC3CCCCC3)cc(N(N)C(=O)c3ccccc3C(F)(F)F)cc2[nH]1. The fourth-order valence-corrected chi connectivity index (χ4v) is 4.56. The number of H-pyrrole nitrogens is 1. The number of fused-ring (bicyclic) bond motifs is 1. The molecule has 3 aromatic rings. The number of carbonyl (C=O) groups excluding carboxylic acids is 2. The molecule has 1 heterocycles. The van der Waals surface area contributed by atoms with Crippen molar-refractivity contribution in [3.05, 3.63) is 58.9 Å². The number of aromatic nitrogens is 2. The van der Waals surface area contributed by atoms with Crippen molar-refractivity contribution in [1.29, 1.82) is 0 Å². The zero-order valence-corrected chi connectivity index (χ0v) is 19.8. The Hall–Kier alpha value is -3.44. The summed E-state index contributed by atoms with van der Waals surface area (Å²) in [5, 5.41) is 3.55. The Kier molecular flexibility index (Phi) is 7.60. The minimum Gasteiger partial charge on any atom is -0.377 e. The number of nitrogens with one attached hydrogen (secondary N) is 2. The lowest BCUT2D eigenvalue weighted by molar-refractivity contribution is -0.137. The predicted molar refractivity (Wildman–Crippen MR) is 128 cm³/mol. The first-order valence-corrected chi connectivity index (χ1v) is 11.7. The monoisotopic (exact) mass is 503 g/mol. The summed E-state index contributed by atoms with van der Waals surface area (Å²) >= 11 is 0. The molecular formula is C25H28F3N5O3. The summed E-state index contributed by atoms with van der Waals surface area (Å²) in [5.74, 6) is 5.39. The number of nitrogens with zero attached hydrogens (tertiary/aromatic N) is 2. The van der Waals surface area contributed by atoms with Gasteiger partial charge < -0.3 is 15.0 Å². The third kappa shape index (κ3) is 5.52. The minimum absolute atomic E-state index is 0.0416. The van der Waals surface area contributed by atoms with Gasteiger partial charge in [0.15, 0.2) is 0 Å². The molecule has 36 heavy (non-hydrogen) atoms. The summed E-state index contributed by atoms with van der Waals surface area (Å²) in [4.78, 5) is 33.7. The zero-order chi connectivity index (χ0) is 25.9. The van der Waals surface area contributed by atoms with Crippen molar-refractivity contribution < 1.29 is 27.5 Å². The third-order valence-electron chi connectivity index (χ3n) is 6.38. The van der Waals surface area contributed by atoms with Gasteiger partial charge in [-0.15, -0.1) is 0 Å². The fraction of sp³-hybridized carbons (Fsp3) is 0.400. The van der Waals surface area contributed by atoms with Crippen LogP contribution in [-0.2, 0) is 17.5 Å². The van der Waals surface area contributed by atoms with Crippen LogP contribution in [0, 0.1) is 5.92 Å². The number of hydrogen-bond donors (Lipinski definition) is 3. The first-order valence-electron chi connectivity index (χ1n) is 11.7. The van der Waals surface area contributed by atoms with Crippen LogP contribution in [0.2, 0.25) is 0 Å². The molecule has 0 radical (unpaired) electrons. The topological polar surface area (TPSA) is 113 Å². The van der Waals surface area contributed by atoms with Gasteiger partial charge in [-0.25, -0.2) is 15.8 Å². The summed E-state index contributed by atoms with van der Waals surface area (Å²) in [5.41, 5.74) is -0.746. The molecule has 2 amide bonds. The molecule has 0 spiro atoms. The van der Waals surface area contributed by atoms with Crippen LogP contribution in [-0.4, -0.2) is 35.4 Å². The molecule has 4 rings (SSSR count). The van der Waals surface area contributed by atoms with Crippen LogP contribution < -0.4 is 16.2 Å². The van der Waals surface area contributed by atoms with Gasteiger partial charge in [-0.1, -0.05) is 31.4 Å². The maximum absolute atomic E-state index is 13.5. The lowest BCUT2D eigenvalue weighted by Gasteiger charge is -2.22. The first kappa shape index (κ1) is 25.6. The largest absolute Gasteiger partial charge is 0.417 e. The summed E-state index contributed by atoms with van der Waals surface area (Å²) in [7, 11) is 1.49. The molecule has 0 unspecified atom stereocenters. The molecule has 1 aliphatic rings. The predicted octanol–water partition coefficient (Wildman–Crippen LogP) is 4.56. The number of rotatable bonds is 7. The molecule has 4 N–H and O–H groups in total. The number of nitrogens with two attached hydrogens (primary N) is 1. The van der Waals surface area contributed by atoms with E-state index in [9.17, 15) is 22.8 Å². The standard InChI is InChI=1S/C25H28F3N5O3/c1-36-14-21-31-20-12-16(33(29)24(35)17-9-5-6-10-19(17)25(26,27)28)11-18(22(20)32-21)23(34)30-13-15-7-3-2-4-8-15/h5-6,9-12,15H,2-4,7-8,13-14,29H2,1H3,(H,30,34)(H,31,32). The van der Waals surface area contributed by atoms with Gasteiger partial charge in [0, 0.05) is 13.7 Å². The highest BCUT2D eigenvalue weighted by Crippen LogP contribution is 2.33. The van der Waals surface area contributed by atoms with Crippen molar-refractivity contribution in [3.63, 3.8) is 0 Å². The number of methoxy groups -OCH3 is 1. The molecule has 1 fully saturated rings. The van der Waals surface area contributed by atoms with E-state index in [2.05, 4.69) is 15.3 Å². The average molecular weight is 504 g/mol. The lowest BCUT2D eigenvalue weighted by atomic mass is 9.89. The number of halogens is 3. The van der Waals surface area contributed by atoms with E-state index in [4.69, 9.17) is 10.6 Å². The van der Waals surface area contributed by atoms with E-state index in [1.54, 1.807) is 0 Å². The molecule has 2 aromatic carbocycles. The number of ether oxygens (including phenoxy) is 1. The van der Waals surface area contributed by atoms with Crippen LogP contribution in [0.4, 0.5) is 18.9 Å². The van der Waals surface area contributed by atoms with Gasteiger partial charge >= 0.3 is 6.18 Å². The molecule has 0 atom stereocenters. The summed E-state index contributed by atoms with van der Waals surface area (Å²) < 4.78 is 45.5. The van der Waals surface area contributed by atoms with Crippen molar-refractivity contribution in [1.82, 2.24) is 15.3 Å². The molecular weight excluding hydrogens is 475 g/mol. The van der Waals surface area contributed by atoms with Crippen LogP contribution >= 0.6 is 0 Å². The van der Waals surface area contributed by atoms with Gasteiger partial charge in [-0.3, -0.25) is 9.59 Å². The Morgan fingerprint density at radius 2 is 1.89 bits per heavy atom. The Morgan fingerprint density at radius 3 is 2.58 bits per heavy atom. The second-order valence-corrected chi connectivity index (χ2v) is 8.94. The Labute approximate surface area is 206 Å². The summed E-state index contributed by atoms with van der Waals surface area (Å²) in [6.07, 6.45) is 0.799. The number of anilines is 1. The molecule has 1 saturated carbocycles. The number of alkyl halides is 3. The second-order valence-electron chi connectivity index (χ2n) is 8.94. The van der Waals surface area contributed by atoms with Gasteiger partial charge in [-0.2, -0.15) is 13.2 Å². The van der Waals surface area contributed by atoms with Gasteiger partial charge in [-0.05, 0) is 43.0 Å². The van der Waals surface area contributed by atoms with E-state index < -0.39 is 29.1 Å². The van der Waals surface area contributed by atoms with Crippen LogP contribution in [0.1, 0.15) is 64.2 Å². The molecule has 11 heteroatoms. The smallest absolute Gasteiger partial charge is 0.377 e. The van der Waals surface area contributed by atoms with Crippen molar-refractivity contribution in [2.75, 3.05) is 18.7 Å². The minimum atomic E-state index is -4.74. The quantitative estimate of drug-likeness (QED) is 0.249. The van der Waals surface area contributed by atoms with Crippen LogP contribution in [0.5, 0.6) is 0 Å². The van der Waals surface area contributed by atoms with Crippen LogP contribution in [0.15, 0.2) is 36.4 Å². The molecule has 192 valence electrons. The Bertz CT molecular complexity index is 1250. The number of imidazole rings is 1. The van der Waals surface area contributed by atoms with Crippen LogP contribution in [0.3, 0.4) is 0 Å². The van der Waals surface area contributed by atoms with Crippen LogP contribution in [0.25, 0.3) is 11.0 Å². The third-order valence-corrected chi connectivity index (χ3v) is 6.38. The Morgan fingerprint density at radius 1 is 1.17 bits per heavy atom. The van der Waals surface area contributed by atoms with E-state index in [0.29, 0.717) is 34.3 Å². The van der Waals surface area contributed by atoms with E-state index in [0.717, 1.165) is 37.8 Å². The van der Waals surface area contributed by atoms with Crippen molar-refractivity contribution in [3.8, 4) is 0 Å². The van der Waals surface area contributed by atoms with E-state index >= 15 is 0 Å². The molecule has 1 aromatic heterocycles. The first-order chi connectivity index (χ1) is 17.2. The zero-order valence-electron chi connectivity index (χ0n) is 19.8. The maximum Gasteiger partial charge on any atom is 0.417 e. The second kappa shape index (κ2) is 10.7. The normalized spacial score (nSPS) is 14.7. The highest BCUT2D eigenvalue weighted by Gasteiger charge is 2.36. The van der Waals surface area contributed by atoms with E-state index in [1.807, 2.05) is 0 Å². The highest BCUT2D eigenvalue weighted by molar-refractivity contribution is 6.10. The average Bonchev–Trinajstić information content (AvgIpc) is 3.28. The van der Waals surface area contributed by atoms with Gasteiger partial charge in [0.25, 0.3) is 11.8 Å². The number of amides is 2. The summed E-state index contributed by atoms with van der Waals surface area (Å²) in [6.45, 7) is 0.654.